The Bertz CT molecular complexity index is 340. The summed E-state index contributed by atoms with van der Waals surface area (Å²) in [6.07, 6.45) is 1.51. The molecular formula is C13H18N2O. The quantitative estimate of drug-likeness (QED) is 0.746. The van der Waals surface area contributed by atoms with Gasteiger partial charge in [0.1, 0.15) is 5.75 Å². The standard InChI is InChI=1S/C13H18N2O/c1-11(15-10-4-3-9-14)12-5-7-13(16-2)8-6-12/h5-8,11,15H,3-4,10H2,1-2H3/t11-/m0/s1. The van der Waals surface area contributed by atoms with Crippen LogP contribution in [-0.2, 0) is 0 Å². The van der Waals surface area contributed by atoms with Crippen molar-refractivity contribution in [2.45, 2.75) is 25.8 Å². The fourth-order valence-corrected chi connectivity index (χ4v) is 1.50. The second-order valence-electron chi connectivity index (χ2n) is 3.71. The fourth-order valence-electron chi connectivity index (χ4n) is 1.50. The van der Waals surface area contributed by atoms with Crippen LogP contribution in [0.2, 0.25) is 0 Å². The first-order valence-corrected chi connectivity index (χ1v) is 5.52. The Labute approximate surface area is 97.0 Å². The fraction of sp³-hybridized carbons (Fsp3) is 0.462. The monoisotopic (exact) mass is 218 g/mol. The number of rotatable bonds is 6. The summed E-state index contributed by atoms with van der Waals surface area (Å²) < 4.78 is 5.11. The van der Waals surface area contributed by atoms with Crippen LogP contribution < -0.4 is 10.1 Å². The molecule has 0 saturated carbocycles. The minimum atomic E-state index is 0.310. The topological polar surface area (TPSA) is 45.0 Å². The van der Waals surface area contributed by atoms with Crippen LogP contribution in [0.25, 0.3) is 0 Å². The maximum Gasteiger partial charge on any atom is 0.118 e. The molecule has 0 aliphatic carbocycles. The van der Waals surface area contributed by atoms with Crippen LogP contribution in [0.1, 0.15) is 31.4 Å². The highest BCUT2D eigenvalue weighted by molar-refractivity contribution is 5.28. The molecule has 1 atom stereocenters. The highest BCUT2D eigenvalue weighted by atomic mass is 16.5. The van der Waals surface area contributed by atoms with Gasteiger partial charge in [-0.2, -0.15) is 5.26 Å². The van der Waals surface area contributed by atoms with Crippen LogP contribution in [0.3, 0.4) is 0 Å². The van der Waals surface area contributed by atoms with Gasteiger partial charge in [0.15, 0.2) is 0 Å². The summed E-state index contributed by atoms with van der Waals surface area (Å²) >= 11 is 0. The molecule has 0 radical (unpaired) electrons. The van der Waals surface area contributed by atoms with Crippen molar-refractivity contribution < 1.29 is 4.74 Å². The second kappa shape index (κ2) is 6.86. The Balaban J connectivity index is 2.40. The minimum Gasteiger partial charge on any atom is -0.497 e. The van der Waals surface area contributed by atoms with E-state index in [0.717, 1.165) is 18.7 Å². The number of nitriles is 1. The number of ether oxygens (including phenoxy) is 1. The third-order valence-electron chi connectivity index (χ3n) is 2.53. The molecule has 0 aliphatic heterocycles. The molecule has 0 bridgehead atoms. The van der Waals surface area contributed by atoms with Crippen molar-refractivity contribution in [1.29, 1.82) is 5.26 Å². The SMILES string of the molecule is COc1ccc([C@H](C)NCCCC#N)cc1. The van der Waals surface area contributed by atoms with Crippen LogP contribution >= 0.6 is 0 Å². The van der Waals surface area contributed by atoms with Crippen LogP contribution in [0.15, 0.2) is 24.3 Å². The van der Waals surface area contributed by atoms with E-state index in [-0.39, 0.29) is 0 Å². The lowest BCUT2D eigenvalue weighted by Gasteiger charge is -2.14. The van der Waals surface area contributed by atoms with E-state index in [1.807, 2.05) is 12.1 Å². The molecule has 0 fully saturated rings. The predicted octanol–water partition coefficient (Wildman–Crippen LogP) is 2.65. The summed E-state index contributed by atoms with van der Waals surface area (Å²) in [6.45, 7) is 2.99. The van der Waals surface area contributed by atoms with Gasteiger partial charge in [0.05, 0.1) is 13.2 Å². The zero-order chi connectivity index (χ0) is 11.8. The maximum absolute atomic E-state index is 8.41. The van der Waals surface area contributed by atoms with Gasteiger partial charge in [-0.1, -0.05) is 12.1 Å². The van der Waals surface area contributed by atoms with Crippen molar-refractivity contribution in [1.82, 2.24) is 5.32 Å². The predicted molar refractivity (Wildman–Crippen MR) is 64.3 cm³/mol. The number of methoxy groups -OCH3 is 1. The first-order chi connectivity index (χ1) is 7.77. The molecule has 0 saturated heterocycles. The lowest BCUT2D eigenvalue weighted by atomic mass is 10.1. The van der Waals surface area contributed by atoms with Gasteiger partial charge in [0, 0.05) is 12.5 Å². The lowest BCUT2D eigenvalue weighted by molar-refractivity contribution is 0.414. The van der Waals surface area contributed by atoms with Gasteiger partial charge >= 0.3 is 0 Å². The Hall–Kier alpha value is -1.53. The average Bonchev–Trinajstić information content (AvgIpc) is 2.34. The average molecular weight is 218 g/mol. The number of hydrogen-bond donors (Lipinski definition) is 1. The van der Waals surface area contributed by atoms with Crippen molar-refractivity contribution in [2.75, 3.05) is 13.7 Å². The van der Waals surface area contributed by atoms with Gasteiger partial charge < -0.3 is 10.1 Å². The van der Waals surface area contributed by atoms with Crippen LogP contribution in [0, 0.1) is 11.3 Å². The van der Waals surface area contributed by atoms with Crippen molar-refractivity contribution in [3.63, 3.8) is 0 Å². The second-order valence-corrected chi connectivity index (χ2v) is 3.71. The van der Waals surface area contributed by atoms with Gasteiger partial charge in [0.2, 0.25) is 0 Å². The van der Waals surface area contributed by atoms with Crippen molar-refractivity contribution in [3.8, 4) is 11.8 Å². The van der Waals surface area contributed by atoms with Crippen LogP contribution in [0.5, 0.6) is 5.75 Å². The molecule has 0 amide bonds. The summed E-state index contributed by atoms with van der Waals surface area (Å²) in [5.74, 6) is 0.875. The maximum atomic E-state index is 8.41. The first kappa shape index (κ1) is 12.5. The van der Waals surface area contributed by atoms with E-state index in [4.69, 9.17) is 10.00 Å². The summed E-state index contributed by atoms with van der Waals surface area (Å²) in [6, 6.07) is 10.5. The van der Waals surface area contributed by atoms with Crippen LogP contribution in [0.4, 0.5) is 0 Å². The third kappa shape index (κ3) is 3.92. The molecule has 0 aromatic heterocycles. The highest BCUT2D eigenvalue weighted by Gasteiger charge is 2.03. The normalized spacial score (nSPS) is 11.8. The Kier molecular flexibility index (Phi) is 5.38. The number of nitrogens with zero attached hydrogens (tertiary/aromatic N) is 1. The number of unbranched alkanes of at least 4 members (excludes halogenated alkanes) is 1. The Morgan fingerprint density at radius 2 is 2.06 bits per heavy atom. The zero-order valence-electron chi connectivity index (χ0n) is 9.86. The van der Waals surface area contributed by atoms with E-state index in [2.05, 4.69) is 30.4 Å². The number of benzene rings is 1. The van der Waals surface area contributed by atoms with E-state index < -0.39 is 0 Å². The van der Waals surface area contributed by atoms with E-state index >= 15 is 0 Å². The molecule has 1 N–H and O–H groups in total. The number of nitrogens with one attached hydrogen (secondary N) is 1. The Morgan fingerprint density at radius 3 is 2.62 bits per heavy atom. The Morgan fingerprint density at radius 1 is 1.38 bits per heavy atom. The third-order valence-corrected chi connectivity index (χ3v) is 2.53. The van der Waals surface area contributed by atoms with Gasteiger partial charge in [-0.3, -0.25) is 0 Å². The molecule has 1 aromatic carbocycles. The van der Waals surface area contributed by atoms with Gasteiger partial charge in [-0.05, 0) is 37.6 Å². The highest BCUT2D eigenvalue weighted by Crippen LogP contribution is 2.16. The molecule has 0 spiro atoms. The molecule has 86 valence electrons. The molecule has 0 aliphatic rings. The molecule has 3 heteroatoms. The van der Waals surface area contributed by atoms with Gasteiger partial charge in [0.25, 0.3) is 0 Å². The minimum absolute atomic E-state index is 0.310. The largest absolute Gasteiger partial charge is 0.497 e. The summed E-state index contributed by atoms with van der Waals surface area (Å²) in [4.78, 5) is 0. The van der Waals surface area contributed by atoms with E-state index in [1.165, 1.54) is 5.56 Å². The molecule has 3 nitrogen and oxygen atoms in total. The zero-order valence-corrected chi connectivity index (χ0v) is 9.86. The van der Waals surface area contributed by atoms with Crippen molar-refractivity contribution in [3.05, 3.63) is 29.8 Å². The first-order valence-electron chi connectivity index (χ1n) is 5.52. The summed E-state index contributed by atoms with van der Waals surface area (Å²) in [5, 5.41) is 11.8. The summed E-state index contributed by atoms with van der Waals surface area (Å²) in [7, 11) is 1.67. The van der Waals surface area contributed by atoms with E-state index in [0.29, 0.717) is 12.5 Å². The van der Waals surface area contributed by atoms with Gasteiger partial charge in [-0.15, -0.1) is 0 Å². The molecule has 0 unspecified atom stereocenters. The van der Waals surface area contributed by atoms with Crippen molar-refractivity contribution >= 4 is 0 Å². The molecule has 16 heavy (non-hydrogen) atoms. The van der Waals surface area contributed by atoms with Crippen LogP contribution in [-0.4, -0.2) is 13.7 Å². The number of hydrogen-bond acceptors (Lipinski definition) is 3. The van der Waals surface area contributed by atoms with Crippen molar-refractivity contribution in [2.24, 2.45) is 0 Å². The van der Waals surface area contributed by atoms with Gasteiger partial charge in [-0.25, -0.2) is 0 Å². The molecule has 0 heterocycles. The van der Waals surface area contributed by atoms with E-state index in [9.17, 15) is 0 Å². The lowest BCUT2D eigenvalue weighted by Crippen LogP contribution is -2.19. The smallest absolute Gasteiger partial charge is 0.118 e. The molecule has 1 rings (SSSR count). The molecule has 1 aromatic rings. The molecular weight excluding hydrogens is 200 g/mol. The van der Waals surface area contributed by atoms with E-state index in [1.54, 1.807) is 7.11 Å². The summed E-state index contributed by atoms with van der Waals surface area (Å²) in [5.41, 5.74) is 1.23.